The number of benzene rings is 2. The van der Waals surface area contributed by atoms with E-state index in [4.69, 9.17) is 5.73 Å². The molecule has 0 saturated heterocycles. The molecule has 0 saturated carbocycles. The number of para-hydroxylation sites is 1. The van der Waals surface area contributed by atoms with E-state index in [2.05, 4.69) is 16.9 Å². The maximum absolute atomic E-state index is 11.7. The fourth-order valence-electron chi connectivity index (χ4n) is 2.62. The molecule has 0 bridgehead atoms. The van der Waals surface area contributed by atoms with Crippen LogP contribution in [0.1, 0.15) is 16.1 Å². The third kappa shape index (κ3) is 3.66. The van der Waals surface area contributed by atoms with E-state index in [1.807, 2.05) is 24.3 Å². The molecule has 1 atom stereocenters. The van der Waals surface area contributed by atoms with Crippen molar-refractivity contribution in [2.24, 2.45) is 5.73 Å². The van der Waals surface area contributed by atoms with E-state index in [-0.39, 0.29) is 5.69 Å². The monoisotopic (exact) mass is 362 g/mol. The van der Waals surface area contributed by atoms with Gasteiger partial charge in [0.25, 0.3) is 11.8 Å². The lowest BCUT2D eigenvalue weighted by molar-refractivity contribution is -0.134. The fourth-order valence-corrected chi connectivity index (χ4v) is 2.62. The molecule has 3 rings (SSSR count). The van der Waals surface area contributed by atoms with Gasteiger partial charge in [-0.3, -0.25) is 9.59 Å². The number of primary amides is 1. The van der Waals surface area contributed by atoms with Crippen molar-refractivity contribution in [1.29, 1.82) is 0 Å². The third-order valence-corrected chi connectivity index (χ3v) is 3.94. The Kier molecular flexibility index (Phi) is 4.92. The minimum Gasteiger partial charge on any atom is -0.372 e. The fraction of sp³-hybridized carbons (Fsp3) is 0.150. The zero-order valence-electron chi connectivity index (χ0n) is 14.9. The highest BCUT2D eigenvalue weighted by atomic mass is 16.3. The van der Waals surface area contributed by atoms with E-state index >= 15 is 0 Å². The summed E-state index contributed by atoms with van der Waals surface area (Å²) in [7, 11) is 3.10. The van der Waals surface area contributed by atoms with Crippen molar-refractivity contribution in [1.82, 2.24) is 14.7 Å². The van der Waals surface area contributed by atoms with Crippen molar-refractivity contribution >= 4 is 22.7 Å². The molecule has 3 aromatic rings. The SMILES string of the molecule is CN(C)C(=O)C(O)C#Cc1cccc(-n2nc(C(N)=O)c3ccccc32)c1. The lowest BCUT2D eigenvalue weighted by atomic mass is 10.1. The lowest BCUT2D eigenvalue weighted by Crippen LogP contribution is -2.32. The molecular weight excluding hydrogens is 344 g/mol. The normalized spacial score (nSPS) is 11.5. The van der Waals surface area contributed by atoms with Gasteiger partial charge in [-0.2, -0.15) is 5.10 Å². The predicted molar refractivity (Wildman–Crippen MR) is 101 cm³/mol. The topological polar surface area (TPSA) is 101 Å². The molecular formula is C20H18N4O3. The van der Waals surface area contributed by atoms with Crippen LogP contribution in [0.4, 0.5) is 0 Å². The number of amides is 2. The van der Waals surface area contributed by atoms with E-state index in [1.165, 1.54) is 4.90 Å². The average molecular weight is 362 g/mol. The van der Waals surface area contributed by atoms with Gasteiger partial charge in [0.05, 0.1) is 11.2 Å². The summed E-state index contributed by atoms with van der Waals surface area (Å²) in [4.78, 5) is 24.6. The number of hydrogen-bond donors (Lipinski definition) is 2. The number of carbonyl (C=O) groups is 2. The number of nitrogens with two attached hydrogens (primary N) is 1. The van der Waals surface area contributed by atoms with Crippen LogP contribution in [0.25, 0.3) is 16.6 Å². The summed E-state index contributed by atoms with van der Waals surface area (Å²) in [5, 5.41) is 14.8. The summed E-state index contributed by atoms with van der Waals surface area (Å²) in [5.41, 5.74) is 7.63. The molecule has 0 aliphatic rings. The Bertz CT molecular complexity index is 1090. The van der Waals surface area contributed by atoms with E-state index in [1.54, 1.807) is 43.0 Å². The highest BCUT2D eigenvalue weighted by Crippen LogP contribution is 2.22. The maximum Gasteiger partial charge on any atom is 0.269 e. The molecule has 0 aliphatic heterocycles. The lowest BCUT2D eigenvalue weighted by Gasteiger charge is -2.10. The van der Waals surface area contributed by atoms with Crippen LogP contribution < -0.4 is 5.73 Å². The minimum atomic E-state index is -1.39. The van der Waals surface area contributed by atoms with Gasteiger partial charge < -0.3 is 15.7 Å². The Morgan fingerprint density at radius 2 is 1.93 bits per heavy atom. The number of hydrogen-bond acceptors (Lipinski definition) is 4. The Morgan fingerprint density at radius 1 is 1.19 bits per heavy atom. The van der Waals surface area contributed by atoms with E-state index in [0.717, 1.165) is 5.52 Å². The number of carbonyl (C=O) groups excluding carboxylic acids is 2. The van der Waals surface area contributed by atoms with Gasteiger partial charge in [0.15, 0.2) is 11.8 Å². The largest absolute Gasteiger partial charge is 0.372 e. The Hall–Kier alpha value is -3.63. The number of likely N-dealkylation sites (N-methyl/N-ethyl adjacent to an activating group) is 1. The van der Waals surface area contributed by atoms with Gasteiger partial charge in [0, 0.05) is 25.0 Å². The van der Waals surface area contributed by atoms with Crippen molar-refractivity contribution in [3.8, 4) is 17.5 Å². The Morgan fingerprint density at radius 3 is 2.63 bits per heavy atom. The van der Waals surface area contributed by atoms with Gasteiger partial charge in [-0.25, -0.2) is 4.68 Å². The quantitative estimate of drug-likeness (QED) is 0.677. The third-order valence-electron chi connectivity index (χ3n) is 3.94. The van der Waals surface area contributed by atoms with Gasteiger partial charge in [0.2, 0.25) is 0 Å². The number of aliphatic hydroxyl groups excluding tert-OH is 1. The van der Waals surface area contributed by atoms with Crippen molar-refractivity contribution < 1.29 is 14.7 Å². The molecule has 7 nitrogen and oxygen atoms in total. The minimum absolute atomic E-state index is 0.189. The van der Waals surface area contributed by atoms with Crippen LogP contribution in [0, 0.1) is 11.8 Å². The maximum atomic E-state index is 11.7. The summed E-state index contributed by atoms with van der Waals surface area (Å²) in [6.07, 6.45) is -1.39. The molecule has 1 aromatic heterocycles. The van der Waals surface area contributed by atoms with Gasteiger partial charge >= 0.3 is 0 Å². The number of nitrogens with zero attached hydrogens (tertiary/aromatic N) is 3. The number of fused-ring (bicyclic) bond motifs is 1. The molecule has 27 heavy (non-hydrogen) atoms. The summed E-state index contributed by atoms with van der Waals surface area (Å²) in [6.45, 7) is 0. The number of aromatic nitrogens is 2. The summed E-state index contributed by atoms with van der Waals surface area (Å²) in [5.74, 6) is 4.23. The molecule has 0 radical (unpaired) electrons. The average Bonchev–Trinajstić information content (AvgIpc) is 3.05. The van der Waals surface area contributed by atoms with Crippen LogP contribution in [0.2, 0.25) is 0 Å². The second-order valence-corrected chi connectivity index (χ2v) is 6.10. The van der Waals surface area contributed by atoms with Crippen LogP contribution in [0.3, 0.4) is 0 Å². The zero-order chi connectivity index (χ0) is 19.6. The van der Waals surface area contributed by atoms with Crippen LogP contribution in [-0.4, -0.2) is 51.8 Å². The highest BCUT2D eigenvalue weighted by Gasteiger charge is 2.16. The first kappa shape index (κ1) is 18.2. The number of rotatable bonds is 3. The standard InChI is InChI=1S/C20H18N4O3/c1-23(2)20(27)17(25)11-10-13-6-5-7-14(12-13)24-16-9-4-3-8-15(16)18(22-24)19(21)26/h3-9,12,17,25H,1-2H3,(H2,21,26). The van der Waals surface area contributed by atoms with Gasteiger partial charge in [-0.1, -0.05) is 36.1 Å². The highest BCUT2D eigenvalue weighted by molar-refractivity contribution is 6.04. The zero-order valence-corrected chi connectivity index (χ0v) is 14.9. The molecule has 2 amide bonds. The summed E-state index contributed by atoms with van der Waals surface area (Å²) >= 11 is 0. The van der Waals surface area contributed by atoms with Gasteiger partial charge in [0.1, 0.15) is 0 Å². The Labute approximate surface area is 156 Å². The van der Waals surface area contributed by atoms with Crippen LogP contribution in [-0.2, 0) is 4.79 Å². The first-order valence-corrected chi connectivity index (χ1v) is 8.17. The van der Waals surface area contributed by atoms with Crippen molar-refractivity contribution in [3.05, 3.63) is 59.8 Å². The van der Waals surface area contributed by atoms with Crippen molar-refractivity contribution in [2.75, 3.05) is 14.1 Å². The molecule has 1 heterocycles. The summed E-state index contributed by atoms with van der Waals surface area (Å²) in [6, 6.07) is 14.4. The van der Waals surface area contributed by atoms with E-state index < -0.39 is 17.9 Å². The molecule has 0 spiro atoms. The van der Waals surface area contributed by atoms with Gasteiger partial charge in [-0.15, -0.1) is 0 Å². The molecule has 0 aliphatic carbocycles. The predicted octanol–water partition coefficient (Wildman–Crippen LogP) is 0.925. The van der Waals surface area contributed by atoms with Crippen molar-refractivity contribution in [2.45, 2.75) is 6.10 Å². The first-order valence-electron chi connectivity index (χ1n) is 8.17. The second-order valence-electron chi connectivity index (χ2n) is 6.10. The second kappa shape index (κ2) is 7.32. The Balaban J connectivity index is 2.02. The molecule has 7 heteroatoms. The van der Waals surface area contributed by atoms with Crippen LogP contribution >= 0.6 is 0 Å². The molecule has 3 N–H and O–H groups in total. The van der Waals surface area contributed by atoms with Gasteiger partial charge in [-0.05, 0) is 24.3 Å². The van der Waals surface area contributed by atoms with Crippen LogP contribution in [0.15, 0.2) is 48.5 Å². The molecule has 136 valence electrons. The van der Waals surface area contributed by atoms with Crippen molar-refractivity contribution in [3.63, 3.8) is 0 Å². The smallest absolute Gasteiger partial charge is 0.269 e. The van der Waals surface area contributed by atoms with E-state index in [9.17, 15) is 14.7 Å². The summed E-state index contributed by atoms with van der Waals surface area (Å²) < 4.78 is 1.61. The van der Waals surface area contributed by atoms with E-state index in [0.29, 0.717) is 16.6 Å². The first-order chi connectivity index (χ1) is 12.9. The molecule has 0 fully saturated rings. The molecule has 1 unspecified atom stereocenters. The number of aliphatic hydroxyl groups is 1. The molecule has 2 aromatic carbocycles. The van der Waals surface area contributed by atoms with Crippen LogP contribution in [0.5, 0.6) is 0 Å².